The number of anilines is 1. The third-order valence-electron chi connectivity index (χ3n) is 5.37. The molecule has 0 radical (unpaired) electrons. The number of hydrogen-bond acceptors (Lipinski definition) is 6. The molecule has 1 saturated heterocycles. The Kier molecular flexibility index (Phi) is 5.97. The maximum atomic E-state index is 12.9. The molecule has 3 heterocycles. The summed E-state index contributed by atoms with van der Waals surface area (Å²) in [5.74, 6) is 1.74. The van der Waals surface area contributed by atoms with E-state index in [9.17, 15) is 4.79 Å². The molecule has 3 aromatic rings. The van der Waals surface area contributed by atoms with E-state index >= 15 is 0 Å². The first-order chi connectivity index (χ1) is 14.6. The molecule has 1 aliphatic rings. The Hall–Kier alpha value is -3.35. The summed E-state index contributed by atoms with van der Waals surface area (Å²) in [4.78, 5) is 34.8. The minimum atomic E-state index is 0.168. The zero-order valence-corrected chi connectivity index (χ0v) is 17.4. The van der Waals surface area contributed by atoms with E-state index in [2.05, 4.69) is 15.0 Å². The molecular weight excluding hydrogens is 376 g/mol. The number of benzene rings is 1. The fourth-order valence-electron chi connectivity index (χ4n) is 3.75. The molecule has 0 bridgehead atoms. The van der Waals surface area contributed by atoms with Crippen molar-refractivity contribution in [3.05, 3.63) is 66.2 Å². The monoisotopic (exact) mass is 402 g/mol. The number of carbonyl (C=O) groups is 1. The molecule has 0 aliphatic carbocycles. The lowest BCUT2D eigenvalue weighted by Crippen LogP contribution is -2.40. The second kappa shape index (κ2) is 8.98. The number of amides is 1. The number of aromatic nitrogens is 4. The van der Waals surface area contributed by atoms with Gasteiger partial charge in [-0.3, -0.25) is 9.78 Å². The van der Waals surface area contributed by atoms with Crippen LogP contribution in [0.15, 0.2) is 55.0 Å². The van der Waals surface area contributed by atoms with Crippen LogP contribution < -0.4 is 4.90 Å². The molecule has 1 aliphatic heterocycles. The Morgan fingerprint density at radius 3 is 2.73 bits per heavy atom. The van der Waals surface area contributed by atoms with Gasteiger partial charge in [-0.2, -0.15) is 0 Å². The third-order valence-corrected chi connectivity index (χ3v) is 5.37. The molecule has 30 heavy (non-hydrogen) atoms. The van der Waals surface area contributed by atoms with Crippen molar-refractivity contribution in [1.82, 2.24) is 24.8 Å². The topological polar surface area (TPSA) is 75.1 Å². The van der Waals surface area contributed by atoms with Crippen molar-refractivity contribution >= 4 is 11.7 Å². The lowest BCUT2D eigenvalue weighted by atomic mass is 9.93. The normalized spacial score (nSPS) is 16.3. The van der Waals surface area contributed by atoms with Gasteiger partial charge in [0.15, 0.2) is 5.82 Å². The summed E-state index contributed by atoms with van der Waals surface area (Å²) >= 11 is 0. The number of likely N-dealkylation sites (tertiary alicyclic amines) is 1. The van der Waals surface area contributed by atoms with Crippen LogP contribution in [0, 0.1) is 0 Å². The molecule has 154 valence electrons. The highest BCUT2D eigenvalue weighted by atomic mass is 16.2. The first-order valence-corrected chi connectivity index (χ1v) is 10.2. The molecular formula is C23H26N6O. The van der Waals surface area contributed by atoms with E-state index in [1.54, 1.807) is 18.6 Å². The largest absolute Gasteiger partial charge is 0.363 e. The molecule has 0 saturated carbocycles. The van der Waals surface area contributed by atoms with Crippen LogP contribution in [0.25, 0.3) is 11.5 Å². The second-order valence-electron chi connectivity index (χ2n) is 7.80. The van der Waals surface area contributed by atoms with Crippen LogP contribution in [0.1, 0.15) is 30.0 Å². The predicted octanol–water partition coefficient (Wildman–Crippen LogP) is 2.95. The smallest absolute Gasteiger partial charge is 0.227 e. The first-order valence-electron chi connectivity index (χ1n) is 10.2. The molecule has 7 nitrogen and oxygen atoms in total. The Morgan fingerprint density at radius 2 is 2.00 bits per heavy atom. The van der Waals surface area contributed by atoms with Crippen molar-refractivity contribution in [3.8, 4) is 11.5 Å². The third kappa shape index (κ3) is 4.62. The molecule has 4 rings (SSSR count). The minimum Gasteiger partial charge on any atom is -0.363 e. The summed E-state index contributed by atoms with van der Waals surface area (Å²) in [7, 11) is 3.92. The van der Waals surface area contributed by atoms with E-state index in [-0.39, 0.29) is 11.8 Å². The van der Waals surface area contributed by atoms with Gasteiger partial charge in [0.1, 0.15) is 11.5 Å². The SMILES string of the molecule is CN(C)c1cc(C2CCCN(C(=O)Cc3ccccc3)C2)nc(-c2cnccn2)n1. The van der Waals surface area contributed by atoms with Crippen molar-refractivity contribution in [2.75, 3.05) is 32.1 Å². The van der Waals surface area contributed by atoms with E-state index in [1.165, 1.54) is 0 Å². The molecule has 1 atom stereocenters. The Labute approximate surface area is 176 Å². The first kappa shape index (κ1) is 19.9. The van der Waals surface area contributed by atoms with Crippen LogP contribution in [-0.2, 0) is 11.2 Å². The van der Waals surface area contributed by atoms with Crippen LogP contribution >= 0.6 is 0 Å². The molecule has 2 aromatic heterocycles. The fourth-order valence-corrected chi connectivity index (χ4v) is 3.75. The van der Waals surface area contributed by atoms with Crippen LogP contribution in [0.3, 0.4) is 0 Å². The average Bonchev–Trinajstić information content (AvgIpc) is 2.80. The zero-order chi connectivity index (χ0) is 20.9. The summed E-state index contributed by atoms with van der Waals surface area (Å²) in [6.45, 7) is 1.47. The second-order valence-corrected chi connectivity index (χ2v) is 7.80. The highest BCUT2D eigenvalue weighted by Gasteiger charge is 2.27. The van der Waals surface area contributed by atoms with Crippen molar-refractivity contribution in [2.24, 2.45) is 0 Å². The summed E-state index contributed by atoms with van der Waals surface area (Å²) < 4.78 is 0. The van der Waals surface area contributed by atoms with E-state index in [0.29, 0.717) is 24.5 Å². The number of carbonyl (C=O) groups excluding carboxylic acids is 1. The van der Waals surface area contributed by atoms with Gasteiger partial charge in [0.25, 0.3) is 0 Å². The lowest BCUT2D eigenvalue weighted by Gasteiger charge is -2.33. The summed E-state index contributed by atoms with van der Waals surface area (Å²) in [5.41, 5.74) is 2.65. The maximum Gasteiger partial charge on any atom is 0.227 e. The van der Waals surface area contributed by atoms with Crippen molar-refractivity contribution in [3.63, 3.8) is 0 Å². The summed E-state index contributed by atoms with van der Waals surface area (Å²) in [6.07, 6.45) is 7.36. The van der Waals surface area contributed by atoms with Gasteiger partial charge in [0, 0.05) is 51.6 Å². The van der Waals surface area contributed by atoms with Gasteiger partial charge in [-0.15, -0.1) is 0 Å². The van der Waals surface area contributed by atoms with Crippen molar-refractivity contribution < 1.29 is 4.79 Å². The lowest BCUT2D eigenvalue weighted by molar-refractivity contribution is -0.131. The molecule has 1 aromatic carbocycles. The molecule has 7 heteroatoms. The van der Waals surface area contributed by atoms with Crippen LogP contribution in [0.5, 0.6) is 0 Å². The molecule has 1 fully saturated rings. The highest BCUT2D eigenvalue weighted by Crippen LogP contribution is 2.29. The predicted molar refractivity (Wildman–Crippen MR) is 116 cm³/mol. The van der Waals surface area contributed by atoms with E-state index in [1.807, 2.05) is 60.3 Å². The van der Waals surface area contributed by atoms with Crippen LogP contribution in [0.4, 0.5) is 5.82 Å². The van der Waals surface area contributed by atoms with Crippen LogP contribution in [0.2, 0.25) is 0 Å². The highest BCUT2D eigenvalue weighted by molar-refractivity contribution is 5.79. The number of piperidine rings is 1. The molecule has 0 N–H and O–H groups in total. The van der Waals surface area contributed by atoms with E-state index in [0.717, 1.165) is 36.5 Å². The molecule has 1 amide bonds. The number of hydrogen-bond donors (Lipinski definition) is 0. The van der Waals surface area contributed by atoms with E-state index < -0.39 is 0 Å². The molecule has 0 spiro atoms. The van der Waals surface area contributed by atoms with Gasteiger partial charge in [-0.25, -0.2) is 15.0 Å². The number of rotatable bonds is 5. The Balaban J connectivity index is 1.56. The van der Waals surface area contributed by atoms with Gasteiger partial charge in [-0.1, -0.05) is 30.3 Å². The minimum absolute atomic E-state index is 0.168. The average molecular weight is 403 g/mol. The molecule has 1 unspecified atom stereocenters. The Bertz CT molecular complexity index is 993. The quantitative estimate of drug-likeness (QED) is 0.653. The van der Waals surface area contributed by atoms with Gasteiger partial charge in [-0.05, 0) is 18.4 Å². The fraction of sp³-hybridized carbons (Fsp3) is 0.348. The maximum absolute atomic E-state index is 12.9. The van der Waals surface area contributed by atoms with E-state index in [4.69, 9.17) is 4.98 Å². The van der Waals surface area contributed by atoms with Gasteiger partial charge < -0.3 is 9.80 Å². The van der Waals surface area contributed by atoms with Gasteiger partial charge >= 0.3 is 0 Å². The Morgan fingerprint density at radius 1 is 1.17 bits per heavy atom. The summed E-state index contributed by atoms with van der Waals surface area (Å²) in [5, 5.41) is 0. The van der Waals surface area contributed by atoms with Crippen LogP contribution in [-0.4, -0.2) is 57.9 Å². The van der Waals surface area contributed by atoms with Gasteiger partial charge in [0.05, 0.1) is 18.3 Å². The zero-order valence-electron chi connectivity index (χ0n) is 17.4. The van der Waals surface area contributed by atoms with Gasteiger partial charge in [0.2, 0.25) is 5.91 Å². The summed E-state index contributed by atoms with van der Waals surface area (Å²) in [6, 6.07) is 11.9. The van der Waals surface area contributed by atoms with Crippen molar-refractivity contribution in [1.29, 1.82) is 0 Å². The number of nitrogens with zero attached hydrogens (tertiary/aromatic N) is 6. The van der Waals surface area contributed by atoms with Crippen molar-refractivity contribution in [2.45, 2.75) is 25.2 Å². The standard InChI is InChI=1S/C23H26N6O/c1-28(2)21-14-19(26-23(27-21)20-15-24-10-11-25-20)18-9-6-12-29(16-18)22(30)13-17-7-4-3-5-8-17/h3-5,7-8,10-11,14-15,18H,6,9,12-13,16H2,1-2H3.